The molecular weight excluding hydrogens is 307 g/mol. The van der Waals surface area contributed by atoms with Gasteiger partial charge in [0, 0.05) is 30.0 Å². The molecule has 0 saturated carbocycles. The van der Waals surface area contributed by atoms with Crippen LogP contribution in [0.4, 0.5) is 0 Å². The topological polar surface area (TPSA) is 33.2 Å². The molecule has 3 nitrogen and oxygen atoms in total. The molecule has 2 aromatic rings. The number of aromatic nitrogens is 1. The zero-order chi connectivity index (χ0) is 15.4. The fourth-order valence-electron chi connectivity index (χ4n) is 2.02. The number of hydrogen-bond donors (Lipinski definition) is 0. The van der Waals surface area contributed by atoms with Crippen LogP contribution in [-0.4, -0.2) is 21.8 Å². The third-order valence-electron chi connectivity index (χ3n) is 3.13. The highest BCUT2D eigenvalue weighted by Crippen LogP contribution is 2.20. The van der Waals surface area contributed by atoms with E-state index in [4.69, 9.17) is 23.2 Å². The molecule has 0 saturated heterocycles. The number of halogens is 2. The Hall–Kier alpha value is -1.58. The first kappa shape index (κ1) is 15.8. The summed E-state index contributed by atoms with van der Waals surface area (Å²) in [6.07, 6.45) is 3.05. The van der Waals surface area contributed by atoms with Crippen molar-refractivity contribution in [1.29, 1.82) is 0 Å². The van der Waals surface area contributed by atoms with Gasteiger partial charge in [0.15, 0.2) is 0 Å². The van der Waals surface area contributed by atoms with Gasteiger partial charge >= 0.3 is 0 Å². The zero-order valence-corrected chi connectivity index (χ0v) is 13.4. The van der Waals surface area contributed by atoms with Crippen LogP contribution >= 0.6 is 23.2 Å². The SMILES string of the molecule is CC(C)N(Cc1cccc(Cl)c1)C(=O)c1ccncc1Cl. The van der Waals surface area contributed by atoms with Crippen LogP contribution < -0.4 is 0 Å². The lowest BCUT2D eigenvalue weighted by atomic mass is 10.1. The lowest BCUT2D eigenvalue weighted by molar-refractivity contribution is 0.0690. The molecule has 0 aliphatic rings. The van der Waals surface area contributed by atoms with E-state index in [1.807, 2.05) is 38.1 Å². The predicted molar refractivity (Wildman–Crippen MR) is 85.7 cm³/mol. The van der Waals surface area contributed by atoms with E-state index in [1.54, 1.807) is 17.2 Å². The molecule has 5 heteroatoms. The molecule has 0 fully saturated rings. The Morgan fingerprint density at radius 1 is 1.29 bits per heavy atom. The second-order valence-corrected chi connectivity index (χ2v) is 5.86. The minimum atomic E-state index is -0.114. The van der Waals surface area contributed by atoms with E-state index >= 15 is 0 Å². The van der Waals surface area contributed by atoms with Crippen molar-refractivity contribution in [1.82, 2.24) is 9.88 Å². The molecule has 2 rings (SSSR count). The summed E-state index contributed by atoms with van der Waals surface area (Å²) in [5.74, 6) is -0.114. The van der Waals surface area contributed by atoms with Gasteiger partial charge in [-0.1, -0.05) is 35.3 Å². The molecule has 0 radical (unpaired) electrons. The Bertz CT molecular complexity index is 644. The smallest absolute Gasteiger partial charge is 0.256 e. The van der Waals surface area contributed by atoms with Crippen molar-refractivity contribution in [2.24, 2.45) is 0 Å². The van der Waals surface area contributed by atoms with Gasteiger partial charge in [-0.25, -0.2) is 0 Å². The lowest BCUT2D eigenvalue weighted by Gasteiger charge is -2.27. The summed E-state index contributed by atoms with van der Waals surface area (Å²) in [5, 5.41) is 1.02. The lowest BCUT2D eigenvalue weighted by Crippen LogP contribution is -2.36. The van der Waals surface area contributed by atoms with Crippen LogP contribution in [0, 0.1) is 0 Å². The number of rotatable bonds is 4. The number of hydrogen-bond acceptors (Lipinski definition) is 2. The van der Waals surface area contributed by atoms with Crippen LogP contribution in [0.1, 0.15) is 29.8 Å². The van der Waals surface area contributed by atoms with Crippen LogP contribution in [0.2, 0.25) is 10.0 Å². The molecule has 1 aromatic heterocycles. The summed E-state index contributed by atoms with van der Waals surface area (Å²) in [7, 11) is 0. The van der Waals surface area contributed by atoms with E-state index in [9.17, 15) is 4.79 Å². The zero-order valence-electron chi connectivity index (χ0n) is 11.9. The molecule has 21 heavy (non-hydrogen) atoms. The van der Waals surface area contributed by atoms with Crippen LogP contribution in [0.15, 0.2) is 42.7 Å². The number of pyridine rings is 1. The minimum Gasteiger partial charge on any atom is -0.332 e. The maximum atomic E-state index is 12.7. The molecular formula is C16H16Cl2N2O. The van der Waals surface area contributed by atoms with E-state index in [-0.39, 0.29) is 11.9 Å². The van der Waals surface area contributed by atoms with E-state index in [2.05, 4.69) is 4.98 Å². The van der Waals surface area contributed by atoms with Gasteiger partial charge in [-0.15, -0.1) is 0 Å². The number of carbonyl (C=O) groups excluding carboxylic acids is 1. The minimum absolute atomic E-state index is 0.0423. The van der Waals surface area contributed by atoms with Gasteiger partial charge < -0.3 is 4.90 Å². The fraction of sp³-hybridized carbons (Fsp3) is 0.250. The molecule has 1 aromatic carbocycles. The van der Waals surface area contributed by atoms with Crippen LogP contribution in [-0.2, 0) is 6.54 Å². The van der Waals surface area contributed by atoms with Crippen molar-refractivity contribution in [2.75, 3.05) is 0 Å². The molecule has 0 atom stereocenters. The largest absolute Gasteiger partial charge is 0.332 e. The monoisotopic (exact) mass is 322 g/mol. The van der Waals surface area contributed by atoms with Gasteiger partial charge in [0.05, 0.1) is 10.6 Å². The Labute approximate surface area is 134 Å². The van der Waals surface area contributed by atoms with Crippen molar-refractivity contribution >= 4 is 29.1 Å². The van der Waals surface area contributed by atoms with Crippen molar-refractivity contribution in [3.05, 3.63) is 63.9 Å². The van der Waals surface area contributed by atoms with Crippen LogP contribution in [0.5, 0.6) is 0 Å². The van der Waals surface area contributed by atoms with E-state index in [1.165, 1.54) is 6.20 Å². The van der Waals surface area contributed by atoms with Gasteiger partial charge in [0.2, 0.25) is 0 Å². The fourth-order valence-corrected chi connectivity index (χ4v) is 2.44. The summed E-state index contributed by atoms with van der Waals surface area (Å²) >= 11 is 12.1. The van der Waals surface area contributed by atoms with Gasteiger partial charge in [0.25, 0.3) is 5.91 Å². The predicted octanol–water partition coefficient (Wildman–Crippen LogP) is 4.44. The highest BCUT2D eigenvalue weighted by atomic mass is 35.5. The molecule has 110 valence electrons. The first-order chi connectivity index (χ1) is 9.99. The second-order valence-electron chi connectivity index (χ2n) is 5.01. The molecule has 1 heterocycles. The van der Waals surface area contributed by atoms with Gasteiger partial charge in [0.1, 0.15) is 0 Å². The average Bonchev–Trinajstić information content (AvgIpc) is 2.44. The molecule has 0 N–H and O–H groups in total. The van der Waals surface area contributed by atoms with Crippen molar-refractivity contribution < 1.29 is 4.79 Å². The normalized spacial score (nSPS) is 10.7. The first-order valence-corrected chi connectivity index (χ1v) is 7.39. The number of benzene rings is 1. The standard InChI is InChI=1S/C16H16Cl2N2O/c1-11(2)20(10-12-4-3-5-13(17)8-12)16(21)14-6-7-19-9-15(14)18/h3-9,11H,10H2,1-2H3. The molecule has 1 amide bonds. The van der Waals surface area contributed by atoms with Crippen molar-refractivity contribution in [2.45, 2.75) is 26.4 Å². The van der Waals surface area contributed by atoms with Crippen molar-refractivity contribution in [3.63, 3.8) is 0 Å². The summed E-state index contributed by atoms with van der Waals surface area (Å²) in [6, 6.07) is 9.17. The van der Waals surface area contributed by atoms with Crippen LogP contribution in [0.3, 0.4) is 0 Å². The highest BCUT2D eigenvalue weighted by molar-refractivity contribution is 6.33. The van der Waals surface area contributed by atoms with E-state index < -0.39 is 0 Å². The van der Waals surface area contributed by atoms with Gasteiger partial charge in [-0.05, 0) is 37.6 Å². The molecule has 0 aliphatic carbocycles. The highest BCUT2D eigenvalue weighted by Gasteiger charge is 2.21. The third-order valence-corrected chi connectivity index (χ3v) is 3.67. The number of carbonyl (C=O) groups is 1. The number of nitrogens with zero attached hydrogens (tertiary/aromatic N) is 2. The Morgan fingerprint density at radius 3 is 2.67 bits per heavy atom. The molecule has 0 spiro atoms. The first-order valence-electron chi connectivity index (χ1n) is 6.64. The Balaban J connectivity index is 2.27. The van der Waals surface area contributed by atoms with E-state index in [0.717, 1.165) is 5.56 Å². The molecule has 0 aliphatic heterocycles. The number of amides is 1. The molecule has 0 bridgehead atoms. The summed E-state index contributed by atoms with van der Waals surface area (Å²) in [4.78, 5) is 18.3. The van der Waals surface area contributed by atoms with Crippen molar-refractivity contribution in [3.8, 4) is 0 Å². The van der Waals surface area contributed by atoms with Gasteiger partial charge in [-0.2, -0.15) is 0 Å². The Kier molecular flexibility index (Phi) is 5.21. The third kappa shape index (κ3) is 3.96. The summed E-state index contributed by atoms with van der Waals surface area (Å²) in [6.45, 7) is 4.42. The maximum absolute atomic E-state index is 12.7. The summed E-state index contributed by atoms with van der Waals surface area (Å²) < 4.78 is 0. The second kappa shape index (κ2) is 6.92. The van der Waals surface area contributed by atoms with Crippen LogP contribution in [0.25, 0.3) is 0 Å². The van der Waals surface area contributed by atoms with Gasteiger partial charge in [-0.3, -0.25) is 9.78 Å². The Morgan fingerprint density at radius 2 is 2.05 bits per heavy atom. The average molecular weight is 323 g/mol. The quantitative estimate of drug-likeness (QED) is 0.833. The summed E-state index contributed by atoms with van der Waals surface area (Å²) in [5.41, 5.74) is 1.44. The van der Waals surface area contributed by atoms with E-state index in [0.29, 0.717) is 22.2 Å². The maximum Gasteiger partial charge on any atom is 0.256 e. The molecule has 0 unspecified atom stereocenters.